The van der Waals surface area contributed by atoms with E-state index in [1.165, 1.54) is 38.4 Å². The van der Waals surface area contributed by atoms with Crippen LogP contribution in [0.4, 0.5) is 11.4 Å². The first-order valence-corrected chi connectivity index (χ1v) is 8.83. The highest BCUT2D eigenvalue weighted by molar-refractivity contribution is 7.89. The van der Waals surface area contributed by atoms with Gasteiger partial charge in [0.2, 0.25) is 15.9 Å². The van der Waals surface area contributed by atoms with E-state index in [1.807, 2.05) is 6.07 Å². The van der Waals surface area contributed by atoms with Crippen LogP contribution in [-0.2, 0) is 14.8 Å². The quantitative estimate of drug-likeness (QED) is 0.820. The number of rotatable bonds is 6. The van der Waals surface area contributed by atoms with Gasteiger partial charge in [-0.3, -0.25) is 4.79 Å². The van der Waals surface area contributed by atoms with Gasteiger partial charge in [-0.2, -0.15) is 5.26 Å². The maximum Gasteiger partial charge on any atom is 0.243 e. The predicted octanol–water partition coefficient (Wildman–Crippen LogP) is 1.86. The van der Waals surface area contributed by atoms with E-state index in [-0.39, 0.29) is 17.3 Å². The lowest BCUT2D eigenvalue weighted by Gasteiger charge is -2.12. The first-order chi connectivity index (χ1) is 11.8. The number of nitrogens with zero attached hydrogens (tertiary/aromatic N) is 2. The predicted molar refractivity (Wildman–Crippen MR) is 95.6 cm³/mol. The lowest BCUT2D eigenvalue weighted by atomic mass is 10.2. The topological polar surface area (TPSA) is 102 Å². The van der Waals surface area contributed by atoms with Crippen molar-refractivity contribution < 1.29 is 13.2 Å². The molecule has 2 rings (SSSR count). The molecule has 0 aromatic heterocycles. The number of nitriles is 1. The molecule has 0 bridgehead atoms. The van der Waals surface area contributed by atoms with Crippen molar-refractivity contribution in [3.8, 4) is 6.07 Å². The summed E-state index contributed by atoms with van der Waals surface area (Å²) in [5, 5.41) is 14.4. The number of amides is 1. The van der Waals surface area contributed by atoms with Crippen LogP contribution in [0.15, 0.2) is 53.4 Å². The second-order valence-corrected chi connectivity index (χ2v) is 7.56. The van der Waals surface area contributed by atoms with Crippen molar-refractivity contribution in [3.05, 3.63) is 54.1 Å². The number of benzene rings is 2. The molecule has 2 aromatic rings. The molecule has 7 nitrogen and oxygen atoms in total. The molecule has 0 spiro atoms. The zero-order chi connectivity index (χ0) is 18.4. The molecule has 0 unspecified atom stereocenters. The minimum absolute atomic E-state index is 0.0205. The van der Waals surface area contributed by atoms with E-state index in [0.717, 1.165) is 4.31 Å². The third kappa shape index (κ3) is 4.79. The molecule has 0 aliphatic rings. The van der Waals surface area contributed by atoms with Crippen molar-refractivity contribution in [3.63, 3.8) is 0 Å². The van der Waals surface area contributed by atoms with Crippen molar-refractivity contribution in [1.82, 2.24) is 4.31 Å². The molecule has 0 aliphatic heterocycles. The Morgan fingerprint density at radius 3 is 2.40 bits per heavy atom. The van der Waals surface area contributed by atoms with Crippen molar-refractivity contribution in [2.45, 2.75) is 4.90 Å². The average molecular weight is 358 g/mol. The fraction of sp³-hybridized carbons (Fsp3) is 0.176. The fourth-order valence-electron chi connectivity index (χ4n) is 2.01. The van der Waals surface area contributed by atoms with Gasteiger partial charge in [0.25, 0.3) is 0 Å². The summed E-state index contributed by atoms with van der Waals surface area (Å²) in [6, 6.07) is 14.8. The lowest BCUT2D eigenvalue weighted by molar-refractivity contribution is -0.114. The van der Waals surface area contributed by atoms with Crippen LogP contribution < -0.4 is 10.6 Å². The summed E-state index contributed by atoms with van der Waals surface area (Å²) in [6.45, 7) is 0.0205. The van der Waals surface area contributed by atoms with Crippen molar-refractivity contribution >= 4 is 27.3 Å². The summed E-state index contributed by atoms with van der Waals surface area (Å²) in [5.41, 5.74) is 1.67. The highest BCUT2D eigenvalue weighted by Gasteiger charge is 2.16. The van der Waals surface area contributed by atoms with E-state index in [0.29, 0.717) is 16.9 Å². The number of nitrogens with one attached hydrogen (secondary N) is 2. The standard InChI is InChI=1S/C17H18N4O3S/c1-21(2)25(23,24)16-8-6-14(7-9-16)20-17(22)12-19-15-5-3-4-13(10-15)11-18/h3-10,19H,12H2,1-2H3,(H,20,22). The van der Waals surface area contributed by atoms with Crippen LogP contribution in [0.1, 0.15) is 5.56 Å². The Labute approximate surface area is 146 Å². The van der Waals surface area contributed by atoms with Gasteiger partial charge >= 0.3 is 0 Å². The van der Waals surface area contributed by atoms with Crippen molar-refractivity contribution in [2.75, 3.05) is 31.3 Å². The van der Waals surface area contributed by atoms with E-state index in [2.05, 4.69) is 10.6 Å². The van der Waals surface area contributed by atoms with Crippen LogP contribution in [0.2, 0.25) is 0 Å². The van der Waals surface area contributed by atoms with Crippen LogP contribution in [0.25, 0.3) is 0 Å². The summed E-state index contributed by atoms with van der Waals surface area (Å²) < 4.78 is 25.1. The van der Waals surface area contributed by atoms with Gasteiger partial charge < -0.3 is 10.6 Å². The van der Waals surface area contributed by atoms with Gasteiger partial charge in [-0.1, -0.05) is 6.07 Å². The lowest BCUT2D eigenvalue weighted by Crippen LogP contribution is -2.23. The van der Waals surface area contributed by atoms with E-state index in [1.54, 1.807) is 24.3 Å². The van der Waals surface area contributed by atoms with Crippen molar-refractivity contribution in [2.24, 2.45) is 0 Å². The Morgan fingerprint density at radius 2 is 1.80 bits per heavy atom. The average Bonchev–Trinajstić information content (AvgIpc) is 2.60. The Morgan fingerprint density at radius 1 is 1.12 bits per heavy atom. The van der Waals surface area contributed by atoms with Gasteiger partial charge in [-0.05, 0) is 42.5 Å². The number of hydrogen-bond acceptors (Lipinski definition) is 5. The van der Waals surface area contributed by atoms with E-state index in [4.69, 9.17) is 5.26 Å². The zero-order valence-corrected chi connectivity index (χ0v) is 14.7. The fourth-order valence-corrected chi connectivity index (χ4v) is 2.91. The molecule has 0 saturated carbocycles. The molecule has 0 atom stereocenters. The molecule has 130 valence electrons. The van der Waals surface area contributed by atoms with Crippen LogP contribution in [-0.4, -0.2) is 39.3 Å². The molecule has 0 fully saturated rings. The SMILES string of the molecule is CN(C)S(=O)(=O)c1ccc(NC(=O)CNc2cccc(C#N)c2)cc1. The maximum atomic E-state index is 12.0. The van der Waals surface area contributed by atoms with Gasteiger partial charge in [0.1, 0.15) is 0 Å². The van der Waals surface area contributed by atoms with Crippen LogP contribution >= 0.6 is 0 Å². The normalized spacial score (nSPS) is 11.0. The van der Waals surface area contributed by atoms with Crippen LogP contribution in [0.3, 0.4) is 0 Å². The molecule has 25 heavy (non-hydrogen) atoms. The number of anilines is 2. The molecular weight excluding hydrogens is 340 g/mol. The van der Waals surface area contributed by atoms with Gasteiger partial charge in [-0.25, -0.2) is 12.7 Å². The maximum absolute atomic E-state index is 12.0. The smallest absolute Gasteiger partial charge is 0.243 e. The minimum atomic E-state index is -3.49. The van der Waals surface area contributed by atoms with Gasteiger partial charge in [-0.15, -0.1) is 0 Å². The van der Waals surface area contributed by atoms with E-state index < -0.39 is 10.0 Å². The van der Waals surface area contributed by atoms with Crippen LogP contribution in [0, 0.1) is 11.3 Å². The monoisotopic (exact) mass is 358 g/mol. The summed E-state index contributed by atoms with van der Waals surface area (Å²) >= 11 is 0. The number of carbonyl (C=O) groups excluding carboxylic acids is 1. The van der Waals surface area contributed by atoms with Crippen molar-refractivity contribution in [1.29, 1.82) is 5.26 Å². The first-order valence-electron chi connectivity index (χ1n) is 7.39. The molecule has 2 N–H and O–H groups in total. The summed E-state index contributed by atoms with van der Waals surface area (Å²) in [4.78, 5) is 12.1. The third-order valence-electron chi connectivity index (χ3n) is 3.36. The van der Waals surface area contributed by atoms with Gasteiger partial charge in [0, 0.05) is 25.5 Å². The summed E-state index contributed by atoms with van der Waals surface area (Å²) in [7, 11) is -0.580. The third-order valence-corrected chi connectivity index (χ3v) is 5.19. The zero-order valence-electron chi connectivity index (χ0n) is 13.9. The van der Waals surface area contributed by atoms with Gasteiger partial charge in [0.05, 0.1) is 23.1 Å². The van der Waals surface area contributed by atoms with E-state index in [9.17, 15) is 13.2 Å². The van der Waals surface area contributed by atoms with Gasteiger partial charge in [0.15, 0.2) is 0 Å². The number of sulfonamides is 1. The molecule has 0 radical (unpaired) electrons. The Hall–Kier alpha value is -2.89. The molecule has 0 aliphatic carbocycles. The largest absolute Gasteiger partial charge is 0.376 e. The molecule has 8 heteroatoms. The molecular formula is C17H18N4O3S. The molecule has 2 aromatic carbocycles. The van der Waals surface area contributed by atoms with E-state index >= 15 is 0 Å². The summed E-state index contributed by atoms with van der Waals surface area (Å²) in [6.07, 6.45) is 0. The Balaban J connectivity index is 1.96. The Bertz CT molecular complexity index is 900. The molecule has 1 amide bonds. The first kappa shape index (κ1) is 18.4. The molecule has 0 saturated heterocycles. The second kappa shape index (κ2) is 7.79. The highest BCUT2D eigenvalue weighted by Crippen LogP contribution is 2.16. The number of hydrogen-bond donors (Lipinski definition) is 2. The number of carbonyl (C=O) groups is 1. The minimum Gasteiger partial charge on any atom is -0.376 e. The summed E-state index contributed by atoms with van der Waals surface area (Å²) in [5.74, 6) is -0.287. The van der Waals surface area contributed by atoms with Crippen LogP contribution in [0.5, 0.6) is 0 Å². The highest BCUT2D eigenvalue weighted by atomic mass is 32.2. The Kier molecular flexibility index (Phi) is 5.75. The second-order valence-electron chi connectivity index (χ2n) is 5.41. The molecule has 0 heterocycles.